The van der Waals surface area contributed by atoms with E-state index in [9.17, 15) is 9.59 Å². The van der Waals surface area contributed by atoms with Crippen molar-refractivity contribution < 1.29 is 14.7 Å². The number of β-lactam (4-membered cyclic amide) rings is 1. The van der Waals surface area contributed by atoms with E-state index in [0.717, 1.165) is 0 Å². The maximum absolute atomic E-state index is 11.2. The molecule has 4 atom stereocenters. The highest BCUT2D eigenvalue weighted by molar-refractivity contribution is 5.88. The van der Waals surface area contributed by atoms with E-state index < -0.39 is 29.9 Å². The summed E-state index contributed by atoms with van der Waals surface area (Å²) in [5.74, 6) is -2.44. The van der Waals surface area contributed by atoms with Crippen molar-refractivity contribution in [3.05, 3.63) is 10.4 Å². The van der Waals surface area contributed by atoms with E-state index in [1.807, 2.05) is 0 Å². The average molecular weight is 212 g/mol. The number of hydrogen-bond donors (Lipinski definition) is 2. The van der Waals surface area contributed by atoms with Gasteiger partial charge in [0.25, 0.3) is 0 Å². The van der Waals surface area contributed by atoms with Crippen LogP contribution in [0.2, 0.25) is 0 Å². The monoisotopic (exact) mass is 212 g/mol. The van der Waals surface area contributed by atoms with Crippen molar-refractivity contribution in [2.45, 2.75) is 25.9 Å². The topological polar surface area (TPSA) is 115 Å². The lowest BCUT2D eigenvalue weighted by Gasteiger charge is -2.41. The third-order valence-electron chi connectivity index (χ3n) is 2.68. The SMILES string of the molecule is CC(C(=O)O)[C@H]1NC(=O)[C@@H]1C(C)N=[N+]=[N-]. The van der Waals surface area contributed by atoms with E-state index in [0.29, 0.717) is 0 Å². The second-order valence-corrected chi connectivity index (χ2v) is 3.63. The molecule has 7 nitrogen and oxygen atoms in total. The molecule has 0 spiro atoms. The quantitative estimate of drug-likeness (QED) is 0.306. The number of aliphatic carboxylic acids is 1. The van der Waals surface area contributed by atoms with Crippen LogP contribution in [0.15, 0.2) is 5.11 Å². The predicted octanol–water partition coefficient (Wildman–Crippen LogP) is 0.520. The first-order chi connectivity index (χ1) is 6.99. The van der Waals surface area contributed by atoms with Crippen molar-refractivity contribution in [3.63, 3.8) is 0 Å². The van der Waals surface area contributed by atoms with Crippen LogP contribution in [0.4, 0.5) is 0 Å². The fourth-order valence-corrected chi connectivity index (χ4v) is 1.68. The van der Waals surface area contributed by atoms with Crippen LogP contribution in [0, 0.1) is 11.8 Å². The predicted molar refractivity (Wildman–Crippen MR) is 50.8 cm³/mol. The summed E-state index contributed by atoms with van der Waals surface area (Å²) >= 11 is 0. The molecule has 15 heavy (non-hydrogen) atoms. The first kappa shape index (κ1) is 11.3. The molecule has 1 aliphatic heterocycles. The van der Waals surface area contributed by atoms with Crippen LogP contribution in [0.25, 0.3) is 10.4 Å². The van der Waals surface area contributed by atoms with Gasteiger partial charge in [0.05, 0.1) is 17.9 Å². The highest BCUT2D eigenvalue weighted by Crippen LogP contribution is 2.27. The number of nitrogens with zero attached hydrogens (tertiary/aromatic N) is 3. The van der Waals surface area contributed by atoms with Crippen molar-refractivity contribution in [3.8, 4) is 0 Å². The van der Waals surface area contributed by atoms with E-state index in [2.05, 4.69) is 15.3 Å². The van der Waals surface area contributed by atoms with Gasteiger partial charge in [0.2, 0.25) is 5.91 Å². The van der Waals surface area contributed by atoms with E-state index in [1.54, 1.807) is 6.92 Å². The smallest absolute Gasteiger partial charge is 0.308 e. The second kappa shape index (κ2) is 4.18. The molecule has 1 rings (SSSR count). The number of carbonyl (C=O) groups is 2. The minimum absolute atomic E-state index is 0.256. The number of amides is 1. The number of hydrogen-bond acceptors (Lipinski definition) is 3. The van der Waals surface area contributed by atoms with Gasteiger partial charge in [0.15, 0.2) is 0 Å². The summed E-state index contributed by atoms with van der Waals surface area (Å²) in [6, 6.07) is -0.967. The highest BCUT2D eigenvalue weighted by Gasteiger charge is 2.47. The standard InChI is InChI=1S/C8H12N4O3/c1-3(8(14)15)6-5(7(13)10-6)4(2)11-12-9/h3-6H,1-2H3,(H,10,13)(H,14,15)/t3?,4?,5-,6-/m1/s1. The van der Waals surface area contributed by atoms with Crippen LogP contribution in [0.5, 0.6) is 0 Å². The zero-order chi connectivity index (χ0) is 11.6. The van der Waals surface area contributed by atoms with Gasteiger partial charge in [0, 0.05) is 11.0 Å². The molecule has 2 N–H and O–H groups in total. The van der Waals surface area contributed by atoms with Crippen molar-refractivity contribution in [2.75, 3.05) is 0 Å². The Bertz CT molecular complexity index is 337. The molecule has 0 radical (unpaired) electrons. The number of nitrogens with one attached hydrogen (secondary N) is 1. The Hall–Kier alpha value is -1.75. The Morgan fingerprint density at radius 1 is 1.67 bits per heavy atom. The van der Waals surface area contributed by atoms with Gasteiger partial charge < -0.3 is 10.4 Å². The largest absolute Gasteiger partial charge is 0.481 e. The van der Waals surface area contributed by atoms with Gasteiger partial charge >= 0.3 is 5.97 Å². The second-order valence-electron chi connectivity index (χ2n) is 3.63. The Morgan fingerprint density at radius 2 is 2.27 bits per heavy atom. The summed E-state index contributed by atoms with van der Waals surface area (Å²) in [5.41, 5.74) is 8.24. The fraction of sp³-hybridized carbons (Fsp3) is 0.750. The lowest BCUT2D eigenvalue weighted by Crippen LogP contribution is -2.65. The zero-order valence-electron chi connectivity index (χ0n) is 8.41. The molecule has 82 valence electrons. The fourth-order valence-electron chi connectivity index (χ4n) is 1.68. The molecule has 1 fully saturated rings. The van der Waals surface area contributed by atoms with Gasteiger partial charge in [-0.1, -0.05) is 12.0 Å². The van der Waals surface area contributed by atoms with Crippen LogP contribution in [0.1, 0.15) is 13.8 Å². The van der Waals surface area contributed by atoms with Gasteiger partial charge in [-0.3, -0.25) is 9.59 Å². The van der Waals surface area contributed by atoms with E-state index >= 15 is 0 Å². The Labute approximate surface area is 86.1 Å². The molecule has 1 saturated heterocycles. The van der Waals surface area contributed by atoms with Gasteiger partial charge in [-0.15, -0.1) is 0 Å². The normalized spacial score (nSPS) is 28.0. The maximum atomic E-state index is 11.2. The minimum Gasteiger partial charge on any atom is -0.481 e. The molecule has 7 heteroatoms. The zero-order valence-corrected chi connectivity index (χ0v) is 8.41. The van der Waals surface area contributed by atoms with Crippen molar-refractivity contribution >= 4 is 11.9 Å². The first-order valence-electron chi connectivity index (χ1n) is 4.56. The molecule has 1 aliphatic rings. The summed E-state index contributed by atoms with van der Waals surface area (Å²) < 4.78 is 0. The third kappa shape index (κ3) is 2.02. The third-order valence-corrected chi connectivity index (χ3v) is 2.68. The molecule has 0 bridgehead atoms. The molecular weight excluding hydrogens is 200 g/mol. The van der Waals surface area contributed by atoms with Crippen LogP contribution in [-0.2, 0) is 9.59 Å². The Kier molecular flexibility index (Phi) is 3.16. The van der Waals surface area contributed by atoms with E-state index in [1.165, 1.54) is 6.92 Å². The number of carbonyl (C=O) groups excluding carboxylic acids is 1. The maximum Gasteiger partial charge on any atom is 0.308 e. The van der Waals surface area contributed by atoms with Gasteiger partial charge in [0.1, 0.15) is 0 Å². The summed E-state index contributed by atoms with van der Waals surface area (Å²) in [6.45, 7) is 3.12. The van der Waals surface area contributed by atoms with Gasteiger partial charge in [-0.25, -0.2) is 0 Å². The van der Waals surface area contributed by atoms with Crippen molar-refractivity contribution in [2.24, 2.45) is 17.0 Å². The summed E-state index contributed by atoms with van der Waals surface area (Å²) in [7, 11) is 0. The lowest BCUT2D eigenvalue weighted by molar-refractivity contribution is -0.148. The number of rotatable bonds is 4. The van der Waals surface area contributed by atoms with Crippen LogP contribution in [0.3, 0.4) is 0 Å². The molecular formula is C8H12N4O3. The van der Waals surface area contributed by atoms with E-state index in [-0.39, 0.29) is 5.91 Å². The van der Waals surface area contributed by atoms with Crippen molar-refractivity contribution in [1.82, 2.24) is 5.32 Å². The molecule has 2 unspecified atom stereocenters. The van der Waals surface area contributed by atoms with E-state index in [4.69, 9.17) is 10.6 Å². The van der Waals surface area contributed by atoms with Gasteiger partial charge in [-0.05, 0) is 12.5 Å². The molecule has 0 aromatic heterocycles. The van der Waals surface area contributed by atoms with Crippen molar-refractivity contribution in [1.29, 1.82) is 0 Å². The summed E-state index contributed by atoms with van der Waals surface area (Å²) in [5, 5.41) is 14.7. The molecule has 0 aliphatic carbocycles. The highest BCUT2D eigenvalue weighted by atomic mass is 16.4. The molecule has 0 aromatic carbocycles. The lowest BCUT2D eigenvalue weighted by atomic mass is 9.78. The summed E-state index contributed by atoms with van der Waals surface area (Å²) in [6.07, 6.45) is 0. The number of carboxylic acids is 1. The molecule has 0 aromatic rings. The molecule has 1 heterocycles. The van der Waals surface area contributed by atoms with Gasteiger partial charge in [-0.2, -0.15) is 0 Å². The number of carboxylic acid groups (broad SMARTS) is 1. The van der Waals surface area contributed by atoms with Crippen LogP contribution < -0.4 is 5.32 Å². The Balaban J connectivity index is 2.74. The minimum atomic E-state index is -0.974. The molecule has 0 saturated carbocycles. The van der Waals surface area contributed by atoms with Crippen LogP contribution >= 0.6 is 0 Å². The van der Waals surface area contributed by atoms with Crippen LogP contribution in [-0.4, -0.2) is 29.1 Å². The summed E-state index contributed by atoms with van der Waals surface area (Å²) in [4.78, 5) is 24.5. The molecule has 1 amide bonds. The number of azide groups is 1. The average Bonchev–Trinajstić information content (AvgIpc) is 2.12. The first-order valence-corrected chi connectivity index (χ1v) is 4.56. The Morgan fingerprint density at radius 3 is 2.67 bits per heavy atom.